The van der Waals surface area contributed by atoms with Crippen molar-refractivity contribution in [3.63, 3.8) is 0 Å². The van der Waals surface area contributed by atoms with Gasteiger partial charge in [-0.05, 0) is 84.5 Å². The van der Waals surface area contributed by atoms with Crippen LogP contribution in [0.1, 0.15) is 65.7 Å². The van der Waals surface area contributed by atoms with Gasteiger partial charge in [-0.25, -0.2) is 0 Å². The molecule has 0 amide bonds. The quantitative estimate of drug-likeness (QED) is 0.300. The van der Waals surface area contributed by atoms with E-state index in [-0.39, 0.29) is 10.8 Å². The summed E-state index contributed by atoms with van der Waals surface area (Å²) < 4.78 is 0. The fraction of sp³-hybridized carbons (Fsp3) is 0.905. The van der Waals surface area contributed by atoms with E-state index in [0.717, 1.165) is 12.8 Å². The number of azide groups is 1. The summed E-state index contributed by atoms with van der Waals surface area (Å²) >= 11 is 0. The van der Waals surface area contributed by atoms with Gasteiger partial charge in [0.25, 0.3) is 0 Å². The van der Waals surface area contributed by atoms with Crippen molar-refractivity contribution >= 4 is 0 Å². The molecule has 140 valence electrons. The normalized spacial score (nSPS) is 47.2. The van der Waals surface area contributed by atoms with Crippen molar-refractivity contribution in [3.8, 4) is 0 Å². The van der Waals surface area contributed by atoms with Gasteiger partial charge in [-0.1, -0.05) is 44.5 Å². The van der Waals surface area contributed by atoms with Gasteiger partial charge in [-0.15, -0.1) is 0 Å². The van der Waals surface area contributed by atoms with E-state index in [2.05, 4.69) is 37.4 Å². The third kappa shape index (κ3) is 3.02. The molecule has 2 unspecified atom stereocenters. The first kappa shape index (κ1) is 18.8. The van der Waals surface area contributed by atoms with Crippen molar-refractivity contribution in [1.29, 1.82) is 0 Å². The number of rotatable bonds is 4. The predicted octanol–water partition coefficient (Wildman–Crippen LogP) is 5.73. The first-order valence-corrected chi connectivity index (χ1v) is 10.2. The van der Waals surface area contributed by atoms with Gasteiger partial charge in [-0.3, -0.25) is 0 Å². The van der Waals surface area contributed by atoms with Gasteiger partial charge in [-0.2, -0.15) is 0 Å². The summed E-state index contributed by atoms with van der Waals surface area (Å²) in [5, 5.41) is 14.2. The van der Waals surface area contributed by atoms with Crippen LogP contribution in [0, 0.1) is 40.4 Å². The highest BCUT2D eigenvalue weighted by Gasteiger charge is 2.56. The van der Waals surface area contributed by atoms with Gasteiger partial charge in [0.2, 0.25) is 0 Å². The van der Waals surface area contributed by atoms with E-state index in [9.17, 15) is 5.11 Å². The molecule has 4 nitrogen and oxygen atoms in total. The molecule has 0 aromatic rings. The minimum absolute atomic E-state index is 0.169. The topological polar surface area (TPSA) is 69.0 Å². The fourth-order valence-electron chi connectivity index (χ4n) is 6.80. The van der Waals surface area contributed by atoms with Crippen LogP contribution in [0.3, 0.4) is 0 Å². The van der Waals surface area contributed by atoms with Crippen LogP contribution >= 0.6 is 0 Å². The SMILES string of the molecule is C=C1CCC2[C@H](CN=[N+]=[N-])C([C@@]3(C)CC[C@H](C)C[C@@H]3CO)CC[C@]12C. The summed E-state index contributed by atoms with van der Waals surface area (Å²) in [4.78, 5) is 3.09. The van der Waals surface area contributed by atoms with Crippen LogP contribution < -0.4 is 0 Å². The minimum Gasteiger partial charge on any atom is -0.396 e. The van der Waals surface area contributed by atoms with E-state index in [1.807, 2.05) is 0 Å². The van der Waals surface area contributed by atoms with Crippen LogP contribution in [0.5, 0.6) is 0 Å². The molecule has 0 radical (unpaired) electrons. The minimum atomic E-state index is 0.169. The molecule has 3 fully saturated rings. The lowest BCUT2D eigenvalue weighted by Crippen LogP contribution is -2.51. The van der Waals surface area contributed by atoms with Crippen molar-refractivity contribution in [2.75, 3.05) is 13.2 Å². The summed E-state index contributed by atoms with van der Waals surface area (Å²) in [6.45, 7) is 12.4. The summed E-state index contributed by atoms with van der Waals surface area (Å²) in [5.74, 6) is 2.65. The third-order valence-corrected chi connectivity index (χ3v) is 8.61. The van der Waals surface area contributed by atoms with Gasteiger partial charge in [0.1, 0.15) is 0 Å². The predicted molar refractivity (Wildman–Crippen MR) is 102 cm³/mol. The summed E-state index contributed by atoms with van der Waals surface area (Å²) in [6.07, 6.45) is 8.28. The number of allylic oxidation sites excluding steroid dienone is 1. The van der Waals surface area contributed by atoms with Crippen molar-refractivity contribution in [3.05, 3.63) is 22.6 Å². The van der Waals surface area contributed by atoms with Crippen molar-refractivity contribution in [1.82, 2.24) is 0 Å². The highest BCUT2D eigenvalue weighted by atomic mass is 16.3. The maximum atomic E-state index is 10.1. The molecule has 0 spiro atoms. The Morgan fingerprint density at radius 3 is 2.68 bits per heavy atom. The zero-order chi connectivity index (χ0) is 18.2. The summed E-state index contributed by atoms with van der Waals surface area (Å²) in [7, 11) is 0. The zero-order valence-corrected chi connectivity index (χ0v) is 16.2. The van der Waals surface area contributed by atoms with Crippen molar-refractivity contribution in [2.24, 2.45) is 45.5 Å². The molecule has 3 rings (SSSR count). The molecule has 0 aliphatic heterocycles. The lowest BCUT2D eigenvalue weighted by Gasteiger charge is -2.56. The Hall–Kier alpha value is -0.990. The molecule has 4 heteroatoms. The van der Waals surface area contributed by atoms with Gasteiger partial charge in [0.05, 0.1) is 0 Å². The number of nitrogens with zero attached hydrogens (tertiary/aromatic N) is 3. The second-order valence-corrected chi connectivity index (χ2v) is 9.65. The fourth-order valence-corrected chi connectivity index (χ4v) is 6.80. The number of aliphatic hydroxyl groups is 1. The first-order valence-electron chi connectivity index (χ1n) is 10.2. The van der Waals surface area contributed by atoms with E-state index in [1.165, 1.54) is 37.7 Å². The van der Waals surface area contributed by atoms with Gasteiger partial charge in [0, 0.05) is 18.1 Å². The summed E-state index contributed by atoms with van der Waals surface area (Å²) in [5.41, 5.74) is 10.7. The number of fused-ring (bicyclic) bond motifs is 1. The van der Waals surface area contributed by atoms with Crippen LogP contribution in [0.4, 0.5) is 0 Å². The molecule has 25 heavy (non-hydrogen) atoms. The second kappa shape index (κ2) is 6.96. The van der Waals surface area contributed by atoms with Crippen molar-refractivity contribution < 1.29 is 5.11 Å². The van der Waals surface area contributed by atoms with Crippen LogP contribution in [0.25, 0.3) is 10.4 Å². The maximum absolute atomic E-state index is 10.1. The van der Waals surface area contributed by atoms with E-state index < -0.39 is 0 Å². The molecule has 7 atom stereocenters. The molecule has 0 saturated heterocycles. The molecule has 3 aliphatic rings. The standard InChI is InChI=1S/C21H35N3O/c1-14-7-9-21(4,16(11-14)13-25)19-8-10-20(3)15(2)5-6-18(20)17(19)12-23-24-22/h14,16-19,25H,2,5-13H2,1,3-4H3/t14-,16+,17-,18?,19?,20+,21-/m0/s1. The molecule has 1 N–H and O–H groups in total. The largest absolute Gasteiger partial charge is 0.396 e. The first-order chi connectivity index (χ1) is 11.9. The van der Waals surface area contributed by atoms with Crippen LogP contribution in [-0.4, -0.2) is 18.3 Å². The van der Waals surface area contributed by atoms with E-state index in [1.54, 1.807) is 0 Å². The smallest absolute Gasteiger partial charge is 0.0464 e. The molecular formula is C21H35N3O. The molecular weight excluding hydrogens is 310 g/mol. The lowest BCUT2D eigenvalue weighted by atomic mass is 9.49. The number of hydrogen-bond acceptors (Lipinski definition) is 2. The Labute approximate surface area is 152 Å². The lowest BCUT2D eigenvalue weighted by molar-refractivity contribution is -0.0768. The Kier molecular flexibility index (Phi) is 5.23. The van der Waals surface area contributed by atoms with Crippen molar-refractivity contribution in [2.45, 2.75) is 65.7 Å². The molecule has 3 aliphatic carbocycles. The average Bonchev–Trinajstić information content (AvgIpc) is 2.90. The Morgan fingerprint density at radius 2 is 2.00 bits per heavy atom. The highest BCUT2D eigenvalue weighted by Crippen LogP contribution is 2.63. The van der Waals surface area contributed by atoms with Crippen LogP contribution in [0.2, 0.25) is 0 Å². The number of aliphatic hydroxyl groups excluding tert-OH is 1. The third-order valence-electron chi connectivity index (χ3n) is 8.61. The molecule has 0 heterocycles. The maximum Gasteiger partial charge on any atom is 0.0464 e. The van der Waals surface area contributed by atoms with Crippen LogP contribution in [0.15, 0.2) is 17.3 Å². The van der Waals surface area contributed by atoms with Gasteiger partial charge >= 0.3 is 0 Å². The Bertz CT molecular complexity index is 569. The monoisotopic (exact) mass is 345 g/mol. The highest BCUT2D eigenvalue weighted by molar-refractivity contribution is 5.21. The summed E-state index contributed by atoms with van der Waals surface area (Å²) in [6, 6.07) is 0. The second-order valence-electron chi connectivity index (χ2n) is 9.65. The molecule has 3 saturated carbocycles. The van der Waals surface area contributed by atoms with E-state index >= 15 is 0 Å². The van der Waals surface area contributed by atoms with E-state index in [4.69, 9.17) is 5.53 Å². The molecule has 0 aromatic heterocycles. The molecule has 0 aromatic carbocycles. The van der Waals surface area contributed by atoms with Crippen LogP contribution in [-0.2, 0) is 0 Å². The Balaban J connectivity index is 1.93. The number of hydrogen-bond donors (Lipinski definition) is 1. The zero-order valence-electron chi connectivity index (χ0n) is 16.2. The molecule has 0 bridgehead atoms. The Morgan fingerprint density at radius 1 is 1.24 bits per heavy atom. The van der Waals surface area contributed by atoms with Gasteiger partial charge in [0.15, 0.2) is 0 Å². The van der Waals surface area contributed by atoms with Gasteiger partial charge < -0.3 is 5.11 Å². The average molecular weight is 346 g/mol. The van der Waals surface area contributed by atoms with E-state index in [0.29, 0.717) is 42.7 Å².